The number of benzene rings is 2. The molecule has 1 heterocycles. The van der Waals surface area contributed by atoms with Gasteiger partial charge in [0.15, 0.2) is 5.78 Å². The normalized spacial score (nSPS) is 23.4. The van der Waals surface area contributed by atoms with Crippen LogP contribution in [-0.4, -0.2) is 29.9 Å². The average molecular weight is 365 g/mol. The zero-order chi connectivity index (χ0) is 19.6. The lowest BCUT2D eigenvalue weighted by atomic mass is 9.84. The van der Waals surface area contributed by atoms with Gasteiger partial charge in [0.25, 0.3) is 0 Å². The van der Waals surface area contributed by atoms with Gasteiger partial charge in [0.1, 0.15) is 12.1 Å². The van der Waals surface area contributed by atoms with Crippen LogP contribution in [0.1, 0.15) is 39.2 Å². The lowest BCUT2D eigenvalue weighted by molar-refractivity contribution is -0.131. The number of hydrogen-bond acceptors (Lipinski definition) is 3. The number of carbonyl (C=O) groups excluding carboxylic acids is 2. The highest BCUT2D eigenvalue weighted by atomic mass is 16.5. The Bertz CT molecular complexity index is 831. The number of Topliss-reactive ketones (excluding diaryl/α,β-unsaturated/α-hetero) is 1. The molecule has 1 fully saturated rings. The molecule has 1 N–H and O–H groups in total. The number of rotatable bonds is 5. The summed E-state index contributed by atoms with van der Waals surface area (Å²) >= 11 is 0. The van der Waals surface area contributed by atoms with E-state index >= 15 is 0 Å². The van der Waals surface area contributed by atoms with Crippen molar-refractivity contribution < 1.29 is 14.3 Å². The summed E-state index contributed by atoms with van der Waals surface area (Å²) in [4.78, 5) is 25.4. The fraction of sp³-hybridized carbons (Fsp3) is 0.391. The lowest BCUT2D eigenvalue weighted by Crippen LogP contribution is -2.56. The van der Waals surface area contributed by atoms with E-state index in [1.54, 1.807) is 6.92 Å². The van der Waals surface area contributed by atoms with Crippen LogP contribution in [0.4, 0.5) is 0 Å². The molecule has 4 heteroatoms. The van der Waals surface area contributed by atoms with Gasteiger partial charge in [0.05, 0.1) is 12.0 Å². The summed E-state index contributed by atoms with van der Waals surface area (Å²) in [6.07, 6.45) is -0.336. The molecule has 1 aliphatic heterocycles. The standard InChI is InChI=1S/C23H27NO3/c1-15(2)21(22(26)24-23(4)16(3)27-14-20(23)25)19-12-8-11-18(13-19)17-9-6-5-7-10-17/h5-13,15-16,21H,14H2,1-4H3,(H,24,26)/t16-,21?,23-/m1/s1. The van der Waals surface area contributed by atoms with E-state index in [1.807, 2.05) is 57.2 Å². The highest BCUT2D eigenvalue weighted by Gasteiger charge is 2.47. The van der Waals surface area contributed by atoms with Crippen molar-refractivity contribution in [1.82, 2.24) is 5.32 Å². The topological polar surface area (TPSA) is 55.4 Å². The van der Waals surface area contributed by atoms with Gasteiger partial charge in [-0.15, -0.1) is 0 Å². The molecule has 2 aromatic rings. The Kier molecular flexibility index (Phi) is 5.47. The molecule has 0 spiro atoms. The van der Waals surface area contributed by atoms with Crippen LogP contribution in [0.5, 0.6) is 0 Å². The predicted molar refractivity (Wildman–Crippen MR) is 106 cm³/mol. The van der Waals surface area contributed by atoms with Crippen molar-refractivity contribution in [3.8, 4) is 11.1 Å². The highest BCUT2D eigenvalue weighted by molar-refractivity contribution is 5.97. The van der Waals surface area contributed by atoms with E-state index in [2.05, 4.69) is 23.5 Å². The van der Waals surface area contributed by atoms with Gasteiger partial charge in [-0.3, -0.25) is 9.59 Å². The van der Waals surface area contributed by atoms with Gasteiger partial charge in [-0.1, -0.05) is 68.4 Å². The number of hydrogen-bond donors (Lipinski definition) is 1. The fourth-order valence-corrected chi connectivity index (χ4v) is 3.63. The van der Waals surface area contributed by atoms with Crippen LogP contribution in [0.25, 0.3) is 11.1 Å². The molecule has 3 rings (SSSR count). The molecule has 0 bridgehead atoms. The van der Waals surface area contributed by atoms with Crippen LogP contribution in [0.15, 0.2) is 54.6 Å². The van der Waals surface area contributed by atoms with Crippen molar-refractivity contribution in [3.05, 3.63) is 60.2 Å². The third-order valence-electron chi connectivity index (χ3n) is 5.54. The molecule has 1 amide bonds. The Hall–Kier alpha value is -2.46. The SMILES string of the molecule is CC(C)C(C(=O)N[C@@]1(C)C(=O)CO[C@@H]1C)c1cccc(-c2ccccc2)c1. The average Bonchev–Trinajstić information content (AvgIpc) is 2.89. The van der Waals surface area contributed by atoms with Crippen LogP contribution in [-0.2, 0) is 14.3 Å². The monoisotopic (exact) mass is 365 g/mol. The first-order valence-corrected chi connectivity index (χ1v) is 9.45. The van der Waals surface area contributed by atoms with Crippen LogP contribution in [0.3, 0.4) is 0 Å². The fourth-order valence-electron chi connectivity index (χ4n) is 3.63. The minimum atomic E-state index is -0.971. The largest absolute Gasteiger partial charge is 0.368 e. The molecule has 2 aromatic carbocycles. The summed E-state index contributed by atoms with van der Waals surface area (Å²) in [7, 11) is 0. The van der Waals surface area contributed by atoms with Crippen LogP contribution >= 0.6 is 0 Å². The molecule has 1 aliphatic rings. The maximum absolute atomic E-state index is 13.2. The van der Waals surface area contributed by atoms with Gasteiger partial charge in [-0.05, 0) is 36.5 Å². The second-order valence-electron chi connectivity index (χ2n) is 7.78. The first-order chi connectivity index (χ1) is 12.8. The summed E-state index contributed by atoms with van der Waals surface area (Å²) in [6.45, 7) is 7.68. The molecule has 0 radical (unpaired) electrons. The van der Waals surface area contributed by atoms with E-state index in [0.717, 1.165) is 16.7 Å². The van der Waals surface area contributed by atoms with E-state index in [1.165, 1.54) is 0 Å². The minimum Gasteiger partial charge on any atom is -0.368 e. The zero-order valence-corrected chi connectivity index (χ0v) is 16.4. The minimum absolute atomic E-state index is 0.0494. The molecule has 1 unspecified atom stereocenters. The van der Waals surface area contributed by atoms with Crippen molar-refractivity contribution in [1.29, 1.82) is 0 Å². The Morgan fingerprint density at radius 1 is 1.11 bits per heavy atom. The van der Waals surface area contributed by atoms with E-state index in [0.29, 0.717) is 0 Å². The number of nitrogens with one attached hydrogen (secondary N) is 1. The van der Waals surface area contributed by atoms with Crippen molar-refractivity contribution in [2.24, 2.45) is 5.92 Å². The molecule has 4 nitrogen and oxygen atoms in total. The maximum Gasteiger partial charge on any atom is 0.228 e. The molecule has 142 valence electrons. The first-order valence-electron chi connectivity index (χ1n) is 9.45. The van der Waals surface area contributed by atoms with Crippen LogP contribution < -0.4 is 5.32 Å². The van der Waals surface area contributed by atoms with Gasteiger partial charge in [0, 0.05) is 0 Å². The summed E-state index contributed by atoms with van der Waals surface area (Å²) in [5.74, 6) is -0.467. The third-order valence-corrected chi connectivity index (χ3v) is 5.54. The molecule has 0 aliphatic carbocycles. The Morgan fingerprint density at radius 2 is 1.78 bits per heavy atom. The predicted octanol–water partition coefficient (Wildman–Crippen LogP) is 3.96. The number of ether oxygens (including phenoxy) is 1. The van der Waals surface area contributed by atoms with Crippen molar-refractivity contribution in [2.45, 2.75) is 45.3 Å². The van der Waals surface area contributed by atoms with Crippen LogP contribution in [0, 0.1) is 5.92 Å². The second-order valence-corrected chi connectivity index (χ2v) is 7.78. The van der Waals surface area contributed by atoms with Gasteiger partial charge in [-0.2, -0.15) is 0 Å². The van der Waals surface area contributed by atoms with Crippen molar-refractivity contribution in [3.63, 3.8) is 0 Å². The summed E-state index contributed by atoms with van der Waals surface area (Å²) in [6, 6.07) is 18.2. The first kappa shape index (κ1) is 19.3. The number of amides is 1. The van der Waals surface area contributed by atoms with Crippen molar-refractivity contribution in [2.75, 3.05) is 6.61 Å². The van der Waals surface area contributed by atoms with Gasteiger partial charge in [0.2, 0.25) is 5.91 Å². The molecule has 1 saturated heterocycles. The molecule has 0 saturated carbocycles. The van der Waals surface area contributed by atoms with E-state index in [-0.39, 0.29) is 36.2 Å². The van der Waals surface area contributed by atoms with Gasteiger partial charge < -0.3 is 10.1 Å². The van der Waals surface area contributed by atoms with Crippen molar-refractivity contribution >= 4 is 11.7 Å². The second kappa shape index (κ2) is 7.65. The Balaban J connectivity index is 1.90. The summed E-state index contributed by atoms with van der Waals surface area (Å²) in [5.41, 5.74) is 2.17. The Morgan fingerprint density at radius 3 is 2.37 bits per heavy atom. The lowest BCUT2D eigenvalue weighted by Gasteiger charge is -2.31. The Labute approximate surface area is 160 Å². The number of ketones is 1. The summed E-state index contributed by atoms with van der Waals surface area (Å²) in [5, 5.41) is 2.98. The maximum atomic E-state index is 13.2. The number of carbonyl (C=O) groups is 2. The third kappa shape index (κ3) is 3.81. The molecular formula is C23H27NO3. The zero-order valence-electron chi connectivity index (χ0n) is 16.4. The molecule has 0 aromatic heterocycles. The molecule has 27 heavy (non-hydrogen) atoms. The van der Waals surface area contributed by atoms with Crippen LogP contribution in [0.2, 0.25) is 0 Å². The van der Waals surface area contributed by atoms with E-state index in [4.69, 9.17) is 4.74 Å². The molecule has 3 atom stereocenters. The quantitative estimate of drug-likeness (QED) is 0.873. The summed E-state index contributed by atoms with van der Waals surface area (Å²) < 4.78 is 5.44. The smallest absolute Gasteiger partial charge is 0.228 e. The molecular weight excluding hydrogens is 338 g/mol. The van der Waals surface area contributed by atoms with E-state index < -0.39 is 5.54 Å². The van der Waals surface area contributed by atoms with Gasteiger partial charge >= 0.3 is 0 Å². The van der Waals surface area contributed by atoms with Gasteiger partial charge in [-0.25, -0.2) is 0 Å². The highest BCUT2D eigenvalue weighted by Crippen LogP contribution is 2.31. The van der Waals surface area contributed by atoms with E-state index in [9.17, 15) is 9.59 Å².